The van der Waals surface area contributed by atoms with Gasteiger partial charge in [-0.25, -0.2) is 0 Å². The van der Waals surface area contributed by atoms with Crippen LogP contribution in [-0.4, -0.2) is 13.0 Å². The van der Waals surface area contributed by atoms with E-state index in [0.717, 1.165) is 22.1 Å². The Bertz CT molecular complexity index is 594. The van der Waals surface area contributed by atoms with E-state index in [1.54, 1.807) is 16.2 Å². The van der Waals surface area contributed by atoms with E-state index in [2.05, 4.69) is 33.4 Å². The molecule has 0 N–H and O–H groups in total. The van der Waals surface area contributed by atoms with Crippen molar-refractivity contribution >= 4 is 38.9 Å². The second-order valence-corrected chi connectivity index (χ2v) is 6.38. The van der Waals surface area contributed by atoms with Crippen molar-refractivity contribution in [2.45, 2.75) is 12.3 Å². The average molecular weight is 322 g/mol. The maximum absolute atomic E-state index is 12.3. The summed E-state index contributed by atoms with van der Waals surface area (Å²) in [5.41, 5.74) is 2.16. The molecule has 1 aliphatic heterocycles. The largest absolute Gasteiger partial charge is 0.315 e. The van der Waals surface area contributed by atoms with E-state index in [-0.39, 0.29) is 11.8 Å². The SMILES string of the molecule is CN1C(=O)C(Cc2cccs2)c2cc(Br)ccc21. The van der Waals surface area contributed by atoms with Gasteiger partial charge in [0.2, 0.25) is 5.91 Å². The first-order valence-corrected chi connectivity index (χ1v) is 7.43. The van der Waals surface area contributed by atoms with Crippen LogP contribution in [0.15, 0.2) is 40.2 Å². The zero-order valence-corrected chi connectivity index (χ0v) is 12.3. The second kappa shape index (κ2) is 4.52. The molecule has 4 heteroatoms. The number of anilines is 1. The third-order valence-electron chi connectivity index (χ3n) is 3.34. The van der Waals surface area contributed by atoms with Gasteiger partial charge < -0.3 is 4.90 Å². The molecule has 3 rings (SSSR count). The number of amides is 1. The maximum Gasteiger partial charge on any atom is 0.234 e. The van der Waals surface area contributed by atoms with Gasteiger partial charge in [-0.05, 0) is 41.6 Å². The molecule has 1 amide bonds. The summed E-state index contributed by atoms with van der Waals surface area (Å²) in [4.78, 5) is 15.3. The number of carbonyl (C=O) groups is 1. The lowest BCUT2D eigenvalue weighted by Crippen LogP contribution is -2.24. The molecular weight excluding hydrogens is 310 g/mol. The van der Waals surface area contributed by atoms with Crippen molar-refractivity contribution in [3.8, 4) is 0 Å². The van der Waals surface area contributed by atoms with Gasteiger partial charge in [-0.3, -0.25) is 4.79 Å². The summed E-state index contributed by atoms with van der Waals surface area (Å²) in [6.07, 6.45) is 0.796. The van der Waals surface area contributed by atoms with Crippen molar-refractivity contribution in [3.63, 3.8) is 0 Å². The van der Waals surface area contributed by atoms with E-state index in [9.17, 15) is 4.79 Å². The molecule has 0 fully saturated rings. The lowest BCUT2D eigenvalue weighted by molar-refractivity contribution is -0.119. The Kier molecular flexibility index (Phi) is 2.99. The molecule has 0 aliphatic carbocycles. The van der Waals surface area contributed by atoms with Crippen LogP contribution < -0.4 is 4.90 Å². The molecule has 0 radical (unpaired) electrons. The minimum absolute atomic E-state index is 0.0406. The minimum Gasteiger partial charge on any atom is -0.315 e. The highest BCUT2D eigenvalue weighted by Gasteiger charge is 2.35. The van der Waals surface area contributed by atoms with Crippen LogP contribution in [0.2, 0.25) is 0 Å². The highest BCUT2D eigenvalue weighted by atomic mass is 79.9. The third kappa shape index (κ3) is 1.89. The maximum atomic E-state index is 12.3. The molecule has 1 aliphatic rings. The molecule has 0 spiro atoms. The van der Waals surface area contributed by atoms with Crippen LogP contribution in [0.1, 0.15) is 16.4 Å². The first kappa shape index (κ1) is 11.9. The standard InChI is InChI=1S/C14H12BrNOS/c1-16-13-5-4-9(15)7-11(13)12(14(16)17)8-10-3-2-6-18-10/h2-7,12H,8H2,1H3. The lowest BCUT2D eigenvalue weighted by atomic mass is 9.97. The molecule has 2 heterocycles. The van der Waals surface area contributed by atoms with Crippen LogP contribution in [0.4, 0.5) is 5.69 Å². The number of likely N-dealkylation sites (N-methyl/N-ethyl adjacent to an activating group) is 1. The number of hydrogen-bond acceptors (Lipinski definition) is 2. The fourth-order valence-electron chi connectivity index (χ4n) is 2.42. The fourth-order valence-corrected chi connectivity index (χ4v) is 3.55. The number of benzene rings is 1. The first-order chi connectivity index (χ1) is 8.66. The van der Waals surface area contributed by atoms with Crippen LogP contribution >= 0.6 is 27.3 Å². The Balaban J connectivity index is 2.01. The summed E-state index contributed by atoms with van der Waals surface area (Å²) < 4.78 is 1.03. The van der Waals surface area contributed by atoms with Crippen LogP contribution in [-0.2, 0) is 11.2 Å². The Morgan fingerprint density at radius 3 is 2.94 bits per heavy atom. The molecule has 0 saturated heterocycles. The van der Waals surface area contributed by atoms with Crippen molar-refractivity contribution in [1.82, 2.24) is 0 Å². The quantitative estimate of drug-likeness (QED) is 0.823. The summed E-state index contributed by atoms with van der Waals surface area (Å²) in [7, 11) is 1.85. The zero-order valence-electron chi connectivity index (χ0n) is 9.89. The smallest absolute Gasteiger partial charge is 0.234 e. The van der Waals surface area contributed by atoms with E-state index in [4.69, 9.17) is 0 Å². The number of halogens is 1. The van der Waals surface area contributed by atoms with E-state index in [1.807, 2.05) is 25.2 Å². The number of hydrogen-bond donors (Lipinski definition) is 0. The lowest BCUT2D eigenvalue weighted by Gasteiger charge is -2.10. The molecule has 2 nitrogen and oxygen atoms in total. The van der Waals surface area contributed by atoms with E-state index in [0.29, 0.717) is 0 Å². The van der Waals surface area contributed by atoms with Crippen molar-refractivity contribution in [2.75, 3.05) is 11.9 Å². The Morgan fingerprint density at radius 1 is 1.39 bits per heavy atom. The van der Waals surface area contributed by atoms with Crippen LogP contribution in [0.3, 0.4) is 0 Å². The highest BCUT2D eigenvalue weighted by Crippen LogP contribution is 2.40. The molecular formula is C14H12BrNOS. The number of nitrogens with zero attached hydrogens (tertiary/aromatic N) is 1. The van der Waals surface area contributed by atoms with Gasteiger partial charge >= 0.3 is 0 Å². The summed E-state index contributed by atoms with van der Waals surface area (Å²) in [5, 5.41) is 2.06. The summed E-state index contributed by atoms with van der Waals surface area (Å²) in [5.74, 6) is 0.151. The number of fused-ring (bicyclic) bond motifs is 1. The number of rotatable bonds is 2. The first-order valence-electron chi connectivity index (χ1n) is 5.76. The molecule has 18 heavy (non-hydrogen) atoms. The molecule has 0 saturated carbocycles. The minimum atomic E-state index is -0.0406. The van der Waals surface area contributed by atoms with Crippen LogP contribution in [0.25, 0.3) is 0 Å². The third-order valence-corrected chi connectivity index (χ3v) is 4.73. The van der Waals surface area contributed by atoms with Gasteiger partial charge in [-0.2, -0.15) is 0 Å². The van der Waals surface area contributed by atoms with Crippen LogP contribution in [0, 0.1) is 0 Å². The average Bonchev–Trinajstić information content (AvgIpc) is 2.93. The molecule has 2 aromatic rings. The topological polar surface area (TPSA) is 20.3 Å². The van der Waals surface area contributed by atoms with Crippen molar-refractivity contribution in [3.05, 3.63) is 50.6 Å². The summed E-state index contributed by atoms with van der Waals surface area (Å²) >= 11 is 5.19. The predicted octanol–water partition coefficient (Wildman–Crippen LogP) is 3.81. The molecule has 1 unspecified atom stereocenters. The monoisotopic (exact) mass is 321 g/mol. The van der Waals surface area contributed by atoms with Gasteiger partial charge in [-0.1, -0.05) is 22.0 Å². The Hall–Kier alpha value is -1.13. The van der Waals surface area contributed by atoms with Gasteiger partial charge in [0.25, 0.3) is 0 Å². The van der Waals surface area contributed by atoms with E-state index < -0.39 is 0 Å². The van der Waals surface area contributed by atoms with E-state index in [1.165, 1.54) is 4.88 Å². The number of thiophene rings is 1. The Labute approximate surface area is 118 Å². The van der Waals surface area contributed by atoms with E-state index >= 15 is 0 Å². The second-order valence-electron chi connectivity index (χ2n) is 4.44. The van der Waals surface area contributed by atoms with Gasteiger partial charge in [0.15, 0.2) is 0 Å². The van der Waals surface area contributed by atoms with Gasteiger partial charge in [-0.15, -0.1) is 11.3 Å². The van der Waals surface area contributed by atoms with Gasteiger partial charge in [0.1, 0.15) is 0 Å². The van der Waals surface area contributed by atoms with Crippen molar-refractivity contribution in [1.29, 1.82) is 0 Å². The predicted molar refractivity (Wildman–Crippen MR) is 78.3 cm³/mol. The summed E-state index contributed by atoms with van der Waals surface area (Å²) in [6, 6.07) is 10.2. The van der Waals surface area contributed by atoms with Crippen molar-refractivity contribution in [2.24, 2.45) is 0 Å². The molecule has 0 bridgehead atoms. The zero-order chi connectivity index (χ0) is 12.7. The molecule has 1 atom stereocenters. The van der Waals surface area contributed by atoms with Gasteiger partial charge in [0.05, 0.1) is 5.92 Å². The fraction of sp³-hybridized carbons (Fsp3) is 0.214. The van der Waals surface area contributed by atoms with Crippen molar-refractivity contribution < 1.29 is 4.79 Å². The Morgan fingerprint density at radius 2 is 2.22 bits per heavy atom. The normalized spacial score (nSPS) is 18.2. The highest BCUT2D eigenvalue weighted by molar-refractivity contribution is 9.10. The van der Waals surface area contributed by atoms with Crippen LogP contribution in [0.5, 0.6) is 0 Å². The van der Waals surface area contributed by atoms with Gasteiger partial charge in [0, 0.05) is 22.1 Å². The number of carbonyl (C=O) groups excluding carboxylic acids is 1. The molecule has 92 valence electrons. The summed E-state index contributed by atoms with van der Waals surface area (Å²) in [6.45, 7) is 0. The molecule has 1 aromatic heterocycles. The molecule has 1 aromatic carbocycles.